The second kappa shape index (κ2) is 6.94. The Morgan fingerprint density at radius 2 is 1.96 bits per heavy atom. The fourth-order valence-corrected chi connectivity index (χ4v) is 4.56. The monoisotopic (exact) mass is 393 g/mol. The number of carboxylic acids is 1. The third kappa shape index (κ3) is 3.22. The summed E-state index contributed by atoms with van der Waals surface area (Å²) in [6.45, 7) is 1.60. The molecule has 4 rings (SSSR count). The number of hydrogen-bond donors (Lipinski definition) is 1. The lowest BCUT2D eigenvalue weighted by Gasteiger charge is -2.07. The predicted molar refractivity (Wildman–Crippen MR) is 107 cm³/mol. The zero-order valence-electron chi connectivity index (χ0n) is 14.2. The van der Waals surface area contributed by atoms with E-state index >= 15 is 0 Å². The Kier molecular flexibility index (Phi) is 4.47. The topological polar surface area (TPSA) is 85.9 Å². The van der Waals surface area contributed by atoms with Crippen LogP contribution in [0.2, 0.25) is 0 Å². The molecule has 7 heteroatoms. The van der Waals surface area contributed by atoms with Gasteiger partial charge in [-0.3, -0.25) is 4.79 Å². The molecule has 0 bridgehead atoms. The average molecular weight is 393 g/mol. The molecule has 1 aromatic carbocycles. The van der Waals surface area contributed by atoms with Crippen LogP contribution < -0.4 is 10.7 Å². The van der Waals surface area contributed by atoms with Crippen LogP contribution in [0.4, 0.5) is 0 Å². The van der Waals surface area contributed by atoms with Crippen LogP contribution in [0.3, 0.4) is 0 Å². The highest BCUT2D eigenvalue weighted by Gasteiger charge is 2.17. The van der Waals surface area contributed by atoms with Gasteiger partial charge in [0.25, 0.3) is 5.56 Å². The molecule has 0 amide bonds. The van der Waals surface area contributed by atoms with E-state index in [1.54, 1.807) is 18.3 Å². The molecule has 0 aliphatic heterocycles. The van der Waals surface area contributed by atoms with E-state index in [4.69, 9.17) is 0 Å². The maximum absolute atomic E-state index is 12.7. The summed E-state index contributed by atoms with van der Waals surface area (Å²) < 4.78 is 0. The van der Waals surface area contributed by atoms with Gasteiger partial charge < -0.3 is 14.9 Å². The number of hydrogen-bond acceptors (Lipinski definition) is 6. The smallest absolute Gasteiger partial charge is 0.260 e. The van der Waals surface area contributed by atoms with E-state index in [0.717, 1.165) is 27.4 Å². The Bertz CT molecular complexity index is 1220. The van der Waals surface area contributed by atoms with Crippen molar-refractivity contribution in [2.75, 3.05) is 0 Å². The van der Waals surface area contributed by atoms with E-state index in [2.05, 4.69) is 9.97 Å². The lowest BCUT2D eigenvalue weighted by Crippen LogP contribution is -2.21. The number of aryl methyl sites for hydroxylation is 1. The summed E-state index contributed by atoms with van der Waals surface area (Å²) in [5.74, 6) is -0.896. The number of fused-ring (bicyclic) bond motifs is 1. The number of nitrogens with zero attached hydrogens (tertiary/aromatic N) is 1. The predicted octanol–water partition coefficient (Wildman–Crippen LogP) is 3.31. The lowest BCUT2D eigenvalue weighted by molar-refractivity contribution is -0.254. The Morgan fingerprint density at radius 3 is 2.63 bits per heavy atom. The molecule has 0 saturated heterocycles. The van der Waals surface area contributed by atoms with E-state index < -0.39 is 5.97 Å². The minimum Gasteiger partial charge on any atom is -0.544 e. The zero-order valence-corrected chi connectivity index (χ0v) is 15.8. The van der Waals surface area contributed by atoms with Crippen LogP contribution in [0.25, 0.3) is 21.9 Å². The number of nitrogens with one attached hydrogen (secondary N) is 1. The molecule has 0 aliphatic rings. The van der Waals surface area contributed by atoms with Gasteiger partial charge in [0.2, 0.25) is 0 Å². The van der Waals surface area contributed by atoms with Crippen molar-refractivity contribution in [3.05, 3.63) is 84.9 Å². The molecule has 4 aromatic rings. The molecule has 5 nitrogen and oxygen atoms in total. The molecular formula is C20H13N2O3S2-. The fourth-order valence-electron chi connectivity index (χ4n) is 2.89. The van der Waals surface area contributed by atoms with Crippen LogP contribution >= 0.6 is 22.7 Å². The number of aromatic nitrogens is 2. The Hall–Kier alpha value is -3.03. The molecule has 27 heavy (non-hydrogen) atoms. The van der Waals surface area contributed by atoms with E-state index in [1.165, 1.54) is 0 Å². The maximum Gasteiger partial charge on any atom is 0.260 e. The number of rotatable bonds is 4. The maximum atomic E-state index is 12.7. The molecular weight excluding hydrogens is 380 g/mol. The summed E-state index contributed by atoms with van der Waals surface area (Å²) in [7, 11) is 0. The van der Waals surface area contributed by atoms with Gasteiger partial charge >= 0.3 is 0 Å². The molecule has 134 valence electrons. The Labute approximate surface area is 162 Å². The molecule has 3 aromatic heterocycles. The first-order valence-corrected chi connectivity index (χ1v) is 9.80. The number of carboxylic acid groups (broad SMARTS) is 1. The van der Waals surface area contributed by atoms with Crippen LogP contribution in [0.1, 0.15) is 31.5 Å². The highest BCUT2D eigenvalue weighted by molar-refractivity contribution is 7.20. The molecule has 0 spiro atoms. The van der Waals surface area contributed by atoms with Gasteiger partial charge in [0.05, 0.1) is 16.2 Å². The van der Waals surface area contributed by atoms with Gasteiger partial charge in [-0.1, -0.05) is 36.4 Å². The first kappa shape index (κ1) is 17.4. The number of H-pyrrole nitrogens is 1. The summed E-state index contributed by atoms with van der Waals surface area (Å²) >= 11 is 2.54. The molecule has 0 aliphatic carbocycles. The molecule has 0 fully saturated rings. The van der Waals surface area contributed by atoms with Crippen molar-refractivity contribution in [2.24, 2.45) is 0 Å². The molecule has 0 atom stereocenters. The summed E-state index contributed by atoms with van der Waals surface area (Å²) in [6, 6.07) is 13.6. The van der Waals surface area contributed by atoms with Crippen molar-refractivity contribution >= 4 is 50.5 Å². The van der Waals surface area contributed by atoms with Crippen molar-refractivity contribution in [1.82, 2.24) is 9.97 Å². The number of carbonyl (C=O) groups excluding carboxylic acids is 1. The van der Waals surface area contributed by atoms with E-state index in [1.807, 2.05) is 53.9 Å². The summed E-state index contributed by atoms with van der Waals surface area (Å²) in [4.78, 5) is 32.8. The number of thiophene rings is 2. The Balaban J connectivity index is 1.97. The SMILES string of the molecule is Cc1c(C(=O)[O-])sc2nc(/C(=C\c3cccs3)c3ccccc3)[nH]c(=O)c12. The number of benzene rings is 1. The quantitative estimate of drug-likeness (QED) is 0.576. The highest BCUT2D eigenvalue weighted by atomic mass is 32.1. The largest absolute Gasteiger partial charge is 0.544 e. The van der Waals surface area contributed by atoms with Gasteiger partial charge in [0.1, 0.15) is 10.7 Å². The molecule has 3 heterocycles. The van der Waals surface area contributed by atoms with Gasteiger partial charge in [0, 0.05) is 10.5 Å². The second-order valence-corrected chi connectivity index (χ2v) is 7.86. The molecule has 1 N–H and O–H groups in total. The lowest BCUT2D eigenvalue weighted by atomic mass is 10.0. The number of aromatic carboxylic acids is 1. The minimum atomic E-state index is -1.30. The van der Waals surface area contributed by atoms with Gasteiger partial charge in [-0.05, 0) is 35.6 Å². The van der Waals surface area contributed by atoms with Gasteiger partial charge in [0.15, 0.2) is 0 Å². The molecule has 0 unspecified atom stereocenters. The summed E-state index contributed by atoms with van der Waals surface area (Å²) in [5, 5.41) is 13.6. The first-order valence-electron chi connectivity index (χ1n) is 8.10. The van der Waals surface area contributed by atoms with Crippen molar-refractivity contribution in [1.29, 1.82) is 0 Å². The van der Waals surface area contributed by atoms with E-state index in [-0.39, 0.29) is 10.4 Å². The Morgan fingerprint density at radius 1 is 1.19 bits per heavy atom. The normalized spacial score (nSPS) is 11.8. The molecule has 0 radical (unpaired) electrons. The third-order valence-corrected chi connectivity index (χ3v) is 6.14. The van der Waals surface area contributed by atoms with Crippen LogP contribution in [0.15, 0.2) is 52.6 Å². The minimum absolute atomic E-state index is 0.0312. The fraction of sp³-hybridized carbons (Fsp3) is 0.0500. The zero-order chi connectivity index (χ0) is 19.0. The summed E-state index contributed by atoms with van der Waals surface area (Å²) in [5.41, 5.74) is 1.70. The van der Waals surface area contributed by atoms with Crippen molar-refractivity contribution < 1.29 is 9.90 Å². The van der Waals surface area contributed by atoms with Crippen molar-refractivity contribution in [2.45, 2.75) is 6.92 Å². The standard InChI is InChI=1S/C20H14N2O3S2/c1-11-15-18(23)21-17(22-19(15)27-16(11)20(24)25)14(10-13-8-5-9-26-13)12-6-3-2-4-7-12/h2-10H,1H3,(H,24,25)(H,21,22,23)/p-1/b14-10-. The van der Waals surface area contributed by atoms with Crippen LogP contribution in [0.5, 0.6) is 0 Å². The van der Waals surface area contributed by atoms with E-state index in [9.17, 15) is 14.7 Å². The van der Waals surface area contributed by atoms with Crippen LogP contribution in [0, 0.1) is 6.92 Å². The highest BCUT2D eigenvalue weighted by Crippen LogP contribution is 2.30. The average Bonchev–Trinajstić information content (AvgIpc) is 3.28. The first-order chi connectivity index (χ1) is 13.0. The van der Waals surface area contributed by atoms with Gasteiger partial charge in [-0.25, -0.2) is 4.98 Å². The van der Waals surface area contributed by atoms with Crippen LogP contribution in [-0.2, 0) is 0 Å². The van der Waals surface area contributed by atoms with Gasteiger partial charge in [-0.15, -0.1) is 22.7 Å². The van der Waals surface area contributed by atoms with E-state index in [0.29, 0.717) is 21.6 Å². The van der Waals surface area contributed by atoms with Crippen molar-refractivity contribution in [3.63, 3.8) is 0 Å². The second-order valence-electron chi connectivity index (χ2n) is 5.88. The van der Waals surface area contributed by atoms with Crippen LogP contribution in [-0.4, -0.2) is 15.9 Å². The van der Waals surface area contributed by atoms with Crippen molar-refractivity contribution in [3.8, 4) is 0 Å². The van der Waals surface area contributed by atoms with Gasteiger partial charge in [-0.2, -0.15) is 0 Å². The number of carbonyl (C=O) groups is 1. The third-order valence-electron chi connectivity index (χ3n) is 4.16. The molecule has 0 saturated carbocycles. The number of aromatic amines is 1. The summed E-state index contributed by atoms with van der Waals surface area (Å²) in [6.07, 6.45) is 1.96.